The van der Waals surface area contributed by atoms with E-state index in [1.54, 1.807) is 0 Å². The second kappa shape index (κ2) is 34.3. The van der Waals surface area contributed by atoms with E-state index in [0.29, 0.717) is 19.3 Å². The van der Waals surface area contributed by atoms with E-state index in [9.17, 15) is 34.5 Å². The Hall–Kier alpha value is -2.10. The fourth-order valence-electron chi connectivity index (χ4n) is 8.80. The number of nitrogens with two attached hydrogens (primary N) is 4. The number of ketones is 3. The lowest BCUT2D eigenvalue weighted by molar-refractivity contribution is -0.288. The maximum atomic E-state index is 14.5. The minimum atomic E-state index is -2.96. The van der Waals surface area contributed by atoms with Gasteiger partial charge in [-0.1, -0.05) is 174 Å². The van der Waals surface area contributed by atoms with E-state index in [-0.39, 0.29) is 13.0 Å². The number of hydrogen-bond donors (Lipinski definition) is 7. The van der Waals surface area contributed by atoms with Gasteiger partial charge in [-0.05, 0) is 45.4 Å². The van der Waals surface area contributed by atoms with Gasteiger partial charge in [-0.25, -0.2) is 0 Å². The predicted molar refractivity (Wildman–Crippen MR) is 250 cm³/mol. The SMILES string of the molecule is CCCCCCCC/C=C\CCCCCCCC(=O)N(CCCCCCCCCCCCCCCCCC)[C@]1(C(=O)[C@H](C)N)O[C@H](CO)[C@@H](O)[C@H](O)[C@]1(N)C(=O)C(N)C(=O)CN. The Bertz CT molecular complexity index is 1250. The van der Waals surface area contributed by atoms with Crippen LogP contribution in [0.4, 0.5) is 0 Å². The molecule has 362 valence electrons. The van der Waals surface area contributed by atoms with Crippen LogP contribution in [-0.4, -0.2) is 105 Å². The van der Waals surface area contributed by atoms with E-state index >= 15 is 0 Å². The second-order valence-electron chi connectivity index (χ2n) is 18.1. The van der Waals surface area contributed by atoms with Crippen LogP contribution in [0.3, 0.4) is 0 Å². The molecule has 0 aromatic rings. The molecule has 1 unspecified atom stereocenters. The number of nitrogens with zero attached hydrogens (tertiary/aromatic N) is 1. The van der Waals surface area contributed by atoms with Gasteiger partial charge in [-0.3, -0.25) is 19.2 Å². The number of unbranched alkanes of at least 4 members (excludes halogenated alkanes) is 26. The molecule has 0 bridgehead atoms. The molecule has 0 spiro atoms. The van der Waals surface area contributed by atoms with Crippen LogP contribution in [0.25, 0.3) is 0 Å². The first kappa shape index (κ1) is 57.9. The third-order valence-electron chi connectivity index (χ3n) is 12.8. The molecular formula is C49H93N5O8. The van der Waals surface area contributed by atoms with Gasteiger partial charge in [-0.15, -0.1) is 0 Å². The summed E-state index contributed by atoms with van der Waals surface area (Å²) in [6.07, 6.45) is 30.7. The molecule has 1 heterocycles. The third-order valence-corrected chi connectivity index (χ3v) is 12.8. The molecule has 11 N–H and O–H groups in total. The van der Waals surface area contributed by atoms with Crippen LogP contribution in [0, 0.1) is 0 Å². The first-order valence-corrected chi connectivity index (χ1v) is 25.0. The highest BCUT2D eigenvalue weighted by Crippen LogP contribution is 2.43. The van der Waals surface area contributed by atoms with Crippen molar-refractivity contribution in [1.82, 2.24) is 4.90 Å². The lowest BCUT2D eigenvalue weighted by Crippen LogP contribution is -2.89. The monoisotopic (exact) mass is 880 g/mol. The largest absolute Gasteiger partial charge is 0.394 e. The average Bonchev–Trinajstić information content (AvgIpc) is 3.27. The van der Waals surface area contributed by atoms with Crippen LogP contribution in [-0.2, 0) is 23.9 Å². The van der Waals surface area contributed by atoms with Gasteiger partial charge in [0.15, 0.2) is 17.1 Å². The highest BCUT2D eigenvalue weighted by atomic mass is 16.6. The molecule has 7 atom stereocenters. The lowest BCUT2D eigenvalue weighted by atomic mass is 9.67. The van der Waals surface area contributed by atoms with E-state index in [4.69, 9.17) is 27.7 Å². The Morgan fingerprint density at radius 2 is 1.05 bits per heavy atom. The number of rotatable bonds is 40. The molecule has 1 amide bonds. The van der Waals surface area contributed by atoms with E-state index in [0.717, 1.165) is 69.1 Å². The number of aliphatic hydroxyl groups excluding tert-OH is 3. The summed E-state index contributed by atoms with van der Waals surface area (Å²) in [7, 11) is 0. The summed E-state index contributed by atoms with van der Waals surface area (Å²) in [4.78, 5) is 57.1. The summed E-state index contributed by atoms with van der Waals surface area (Å²) in [5.41, 5.74) is 18.9. The zero-order chi connectivity index (χ0) is 46.2. The van der Waals surface area contributed by atoms with Crippen molar-refractivity contribution >= 4 is 23.3 Å². The van der Waals surface area contributed by atoms with Crippen LogP contribution < -0.4 is 22.9 Å². The Kier molecular flexibility index (Phi) is 32.0. The van der Waals surface area contributed by atoms with Gasteiger partial charge in [0.2, 0.25) is 17.4 Å². The number of amides is 1. The quantitative estimate of drug-likeness (QED) is 0.0188. The second-order valence-corrected chi connectivity index (χ2v) is 18.1. The van der Waals surface area contributed by atoms with Crippen molar-refractivity contribution in [1.29, 1.82) is 0 Å². The fourth-order valence-corrected chi connectivity index (χ4v) is 8.80. The molecule has 0 aromatic carbocycles. The van der Waals surface area contributed by atoms with Crippen LogP contribution in [0.1, 0.15) is 213 Å². The Morgan fingerprint density at radius 1 is 0.645 bits per heavy atom. The normalized spacial score (nSPS) is 22.5. The number of Topliss-reactive ketones (excluding diaryl/α,β-unsaturated/α-hetero) is 3. The van der Waals surface area contributed by atoms with Gasteiger partial charge in [-0.2, -0.15) is 0 Å². The minimum absolute atomic E-state index is 0.0329. The number of carbonyl (C=O) groups is 4. The van der Waals surface area contributed by atoms with Crippen molar-refractivity contribution in [3.8, 4) is 0 Å². The summed E-state index contributed by atoms with van der Waals surface area (Å²) in [6, 6.07) is -3.41. The summed E-state index contributed by atoms with van der Waals surface area (Å²) in [5, 5.41) is 33.1. The van der Waals surface area contributed by atoms with Crippen molar-refractivity contribution < 1.29 is 39.2 Å². The standard InChI is InChI=1S/C49H93N5O8/c1-4-6-8-10-12-14-16-18-20-22-24-26-28-30-32-34-36-54(42(57)35-33-31-29-27-25-23-21-19-17-15-13-11-9-7-5-2)49(45(59)39(3)51)48(53,46(60)43(52)40(56)37-50)47(61)44(58)41(38-55)62-49/h19,21,39,41,43-44,47,55,58,61H,4-18,20,22-38,50-53H2,1-3H3/b21-19-/t39-,41+,43?,44+,47-,48+,49+/m0/s1. The van der Waals surface area contributed by atoms with Crippen LogP contribution in [0.2, 0.25) is 0 Å². The molecule has 0 radical (unpaired) electrons. The fraction of sp³-hybridized carbons (Fsp3) is 0.878. The van der Waals surface area contributed by atoms with Gasteiger partial charge in [0.1, 0.15) is 24.4 Å². The first-order chi connectivity index (χ1) is 29.8. The van der Waals surface area contributed by atoms with E-state index in [1.807, 2.05) is 0 Å². The summed E-state index contributed by atoms with van der Waals surface area (Å²) in [5.74, 6) is -3.87. The van der Waals surface area contributed by atoms with E-state index in [1.165, 1.54) is 110 Å². The van der Waals surface area contributed by atoms with Crippen LogP contribution in [0.5, 0.6) is 0 Å². The Balaban J connectivity index is 3.10. The zero-order valence-corrected chi connectivity index (χ0v) is 39.5. The summed E-state index contributed by atoms with van der Waals surface area (Å²) >= 11 is 0. The average molecular weight is 880 g/mol. The van der Waals surface area contributed by atoms with Crippen LogP contribution >= 0.6 is 0 Å². The van der Waals surface area contributed by atoms with E-state index < -0.39 is 78.1 Å². The van der Waals surface area contributed by atoms with Gasteiger partial charge in [0, 0.05) is 13.0 Å². The number of aliphatic hydroxyl groups is 3. The highest BCUT2D eigenvalue weighted by molar-refractivity contribution is 6.15. The van der Waals surface area contributed by atoms with Gasteiger partial charge < -0.3 is 47.9 Å². The van der Waals surface area contributed by atoms with Crippen molar-refractivity contribution in [3.63, 3.8) is 0 Å². The molecule has 1 saturated heterocycles. The lowest BCUT2D eigenvalue weighted by Gasteiger charge is -2.59. The van der Waals surface area contributed by atoms with E-state index in [2.05, 4.69) is 26.0 Å². The molecule has 13 nitrogen and oxygen atoms in total. The van der Waals surface area contributed by atoms with Crippen molar-refractivity contribution in [3.05, 3.63) is 12.2 Å². The summed E-state index contributed by atoms with van der Waals surface area (Å²) in [6.45, 7) is 4.16. The molecule has 0 aromatic heterocycles. The number of carbonyl (C=O) groups excluding carboxylic acids is 4. The Labute approximate surface area is 376 Å². The van der Waals surface area contributed by atoms with Gasteiger partial charge in [0.05, 0.1) is 19.2 Å². The maximum absolute atomic E-state index is 14.5. The molecule has 0 aliphatic carbocycles. The van der Waals surface area contributed by atoms with Crippen molar-refractivity contribution in [2.45, 2.75) is 255 Å². The van der Waals surface area contributed by atoms with Crippen molar-refractivity contribution in [2.24, 2.45) is 22.9 Å². The van der Waals surface area contributed by atoms with Gasteiger partial charge >= 0.3 is 0 Å². The molecule has 1 aliphatic rings. The third kappa shape index (κ3) is 19.2. The number of ether oxygens (including phenoxy) is 1. The van der Waals surface area contributed by atoms with Gasteiger partial charge in [0.25, 0.3) is 0 Å². The predicted octanol–water partition coefficient (Wildman–Crippen LogP) is 6.96. The molecular weight excluding hydrogens is 787 g/mol. The first-order valence-electron chi connectivity index (χ1n) is 25.0. The molecule has 1 rings (SSSR count). The topological polar surface area (TPSA) is 246 Å². The molecule has 0 saturated carbocycles. The molecule has 13 heteroatoms. The summed E-state index contributed by atoms with van der Waals surface area (Å²) < 4.78 is 6.19. The highest BCUT2D eigenvalue weighted by Gasteiger charge is 2.73. The zero-order valence-electron chi connectivity index (χ0n) is 39.5. The minimum Gasteiger partial charge on any atom is -0.394 e. The maximum Gasteiger partial charge on any atom is 0.233 e. The Morgan fingerprint density at radius 3 is 1.45 bits per heavy atom. The number of allylic oxidation sites excluding steroid dienone is 2. The smallest absolute Gasteiger partial charge is 0.233 e. The molecule has 1 aliphatic heterocycles. The molecule has 1 fully saturated rings. The van der Waals surface area contributed by atoms with Crippen LogP contribution in [0.15, 0.2) is 12.2 Å². The van der Waals surface area contributed by atoms with Crippen molar-refractivity contribution in [2.75, 3.05) is 19.7 Å². The molecule has 62 heavy (non-hydrogen) atoms. The number of hydrogen-bond acceptors (Lipinski definition) is 12.